The lowest BCUT2D eigenvalue weighted by Gasteiger charge is -2.31. The monoisotopic (exact) mass is 409 g/mol. The molecule has 2 aliphatic rings. The minimum absolute atomic E-state index is 0.0252. The quantitative estimate of drug-likeness (QED) is 0.585. The van der Waals surface area contributed by atoms with Crippen molar-refractivity contribution in [3.8, 4) is 5.75 Å². The second kappa shape index (κ2) is 9.82. The first-order valence-corrected chi connectivity index (χ1v) is 11.7. The third kappa shape index (κ3) is 5.15. The molecule has 2 aromatic rings. The number of rotatable bonds is 6. The molecule has 162 valence electrons. The zero-order valence-electron chi connectivity index (χ0n) is 18.4. The molecule has 0 spiro atoms. The maximum atomic E-state index is 11.9. The molecule has 4 nitrogen and oxygen atoms in total. The summed E-state index contributed by atoms with van der Waals surface area (Å²) in [7, 11) is 0. The van der Waals surface area contributed by atoms with E-state index in [9.17, 15) is 4.79 Å². The molecule has 1 aliphatic heterocycles. The average Bonchev–Trinajstić information content (AvgIpc) is 2.76. The minimum Gasteiger partial charge on any atom is -0.490 e. The normalized spacial score (nSPS) is 23.4. The Kier molecular flexibility index (Phi) is 6.93. The average molecular weight is 410 g/mol. The third-order valence-electron chi connectivity index (χ3n) is 6.78. The van der Waals surface area contributed by atoms with Crippen molar-refractivity contribution in [1.82, 2.24) is 4.90 Å². The van der Waals surface area contributed by atoms with Gasteiger partial charge in [0.05, 0.1) is 18.6 Å². The van der Waals surface area contributed by atoms with E-state index in [1.165, 1.54) is 29.2 Å². The third-order valence-corrected chi connectivity index (χ3v) is 6.78. The number of hydrogen-bond acceptors (Lipinski definition) is 4. The topological polar surface area (TPSA) is 38.8 Å². The van der Waals surface area contributed by atoms with Crippen LogP contribution in [0.25, 0.3) is 10.8 Å². The SMILES string of the molecule is CCOC(=O)C1CCN(Cc2ccc3c(O[C@H]4CC[C@H](C)CC4)cccc3c2)CC1. The lowest BCUT2D eigenvalue weighted by Crippen LogP contribution is -2.36. The van der Waals surface area contributed by atoms with Crippen LogP contribution in [0.5, 0.6) is 5.75 Å². The first-order valence-electron chi connectivity index (χ1n) is 11.7. The van der Waals surface area contributed by atoms with Gasteiger partial charge in [-0.15, -0.1) is 0 Å². The predicted octanol–water partition coefficient (Wildman–Crippen LogP) is 5.57. The van der Waals surface area contributed by atoms with Crippen LogP contribution in [0.15, 0.2) is 36.4 Å². The van der Waals surface area contributed by atoms with Crippen molar-refractivity contribution in [3.05, 3.63) is 42.0 Å². The van der Waals surface area contributed by atoms with E-state index in [1.807, 2.05) is 6.92 Å². The van der Waals surface area contributed by atoms with Gasteiger partial charge in [-0.3, -0.25) is 9.69 Å². The van der Waals surface area contributed by atoms with E-state index in [1.54, 1.807) is 0 Å². The highest BCUT2D eigenvalue weighted by molar-refractivity contribution is 5.88. The summed E-state index contributed by atoms with van der Waals surface area (Å²) < 4.78 is 11.6. The van der Waals surface area contributed by atoms with Gasteiger partial charge < -0.3 is 9.47 Å². The van der Waals surface area contributed by atoms with E-state index in [4.69, 9.17) is 9.47 Å². The first-order chi connectivity index (χ1) is 14.6. The van der Waals surface area contributed by atoms with Crippen LogP contribution in [0.1, 0.15) is 57.9 Å². The fraction of sp³-hybridized carbons (Fsp3) is 0.577. The fourth-order valence-electron chi connectivity index (χ4n) is 4.88. The van der Waals surface area contributed by atoms with Crippen LogP contribution >= 0.6 is 0 Å². The number of hydrogen-bond donors (Lipinski definition) is 0. The van der Waals surface area contributed by atoms with Gasteiger partial charge >= 0.3 is 5.97 Å². The van der Waals surface area contributed by atoms with Crippen molar-refractivity contribution >= 4 is 16.7 Å². The zero-order chi connectivity index (χ0) is 20.9. The Bertz CT molecular complexity index is 848. The van der Waals surface area contributed by atoms with Crippen molar-refractivity contribution in [2.75, 3.05) is 19.7 Å². The van der Waals surface area contributed by atoms with Crippen LogP contribution in [0.4, 0.5) is 0 Å². The lowest BCUT2D eigenvalue weighted by atomic mass is 9.89. The molecule has 4 heteroatoms. The second-order valence-corrected chi connectivity index (χ2v) is 9.11. The van der Waals surface area contributed by atoms with Gasteiger partial charge in [0.2, 0.25) is 0 Å². The molecule has 0 bridgehead atoms. The summed E-state index contributed by atoms with van der Waals surface area (Å²) in [6.07, 6.45) is 7.01. The number of likely N-dealkylation sites (tertiary alicyclic amines) is 1. The van der Waals surface area contributed by atoms with E-state index in [0.717, 1.165) is 57.0 Å². The maximum absolute atomic E-state index is 11.9. The molecule has 0 amide bonds. The van der Waals surface area contributed by atoms with E-state index >= 15 is 0 Å². The molecular formula is C26H35NO3. The van der Waals surface area contributed by atoms with Gasteiger partial charge in [-0.25, -0.2) is 0 Å². The number of ether oxygens (including phenoxy) is 2. The Hall–Kier alpha value is -2.07. The van der Waals surface area contributed by atoms with E-state index in [0.29, 0.717) is 12.7 Å². The van der Waals surface area contributed by atoms with Gasteiger partial charge in [-0.2, -0.15) is 0 Å². The van der Waals surface area contributed by atoms with E-state index in [-0.39, 0.29) is 11.9 Å². The standard InChI is InChI=1S/C26H35NO3/c1-3-29-26(28)21-13-15-27(16-14-21)18-20-9-12-24-22(17-20)5-4-6-25(24)30-23-10-7-19(2)8-11-23/h4-6,9,12,17,19,21,23H,3,7-8,10-11,13-16,18H2,1-2H3/t19-,23-. The summed E-state index contributed by atoms with van der Waals surface area (Å²) in [5.74, 6) is 1.90. The van der Waals surface area contributed by atoms with Crippen LogP contribution < -0.4 is 4.74 Å². The lowest BCUT2D eigenvalue weighted by molar-refractivity contribution is -0.149. The van der Waals surface area contributed by atoms with Crippen molar-refractivity contribution in [1.29, 1.82) is 0 Å². The zero-order valence-corrected chi connectivity index (χ0v) is 18.4. The molecule has 0 atom stereocenters. The molecule has 30 heavy (non-hydrogen) atoms. The number of carbonyl (C=O) groups excluding carboxylic acids is 1. The van der Waals surface area contributed by atoms with Crippen LogP contribution in [0.2, 0.25) is 0 Å². The van der Waals surface area contributed by atoms with Crippen molar-refractivity contribution in [2.24, 2.45) is 11.8 Å². The number of esters is 1. The molecule has 1 heterocycles. The molecule has 1 saturated heterocycles. The highest BCUT2D eigenvalue weighted by Crippen LogP contribution is 2.32. The van der Waals surface area contributed by atoms with Crippen molar-refractivity contribution in [3.63, 3.8) is 0 Å². The molecule has 0 N–H and O–H groups in total. The van der Waals surface area contributed by atoms with E-state index < -0.39 is 0 Å². The van der Waals surface area contributed by atoms with Gasteiger partial charge in [0, 0.05) is 11.9 Å². The number of nitrogens with zero attached hydrogens (tertiary/aromatic N) is 1. The summed E-state index contributed by atoms with van der Waals surface area (Å²) in [6.45, 7) is 7.52. The van der Waals surface area contributed by atoms with Gasteiger partial charge in [0.25, 0.3) is 0 Å². The minimum atomic E-state index is -0.0252. The Morgan fingerprint density at radius 3 is 2.53 bits per heavy atom. The van der Waals surface area contributed by atoms with Gasteiger partial charge in [-0.1, -0.05) is 31.2 Å². The molecule has 2 aromatic carbocycles. The summed E-state index contributed by atoms with van der Waals surface area (Å²) in [5.41, 5.74) is 1.32. The Morgan fingerprint density at radius 1 is 1.03 bits per heavy atom. The Morgan fingerprint density at radius 2 is 1.80 bits per heavy atom. The Labute approximate surface area is 180 Å². The number of carbonyl (C=O) groups is 1. The number of fused-ring (bicyclic) bond motifs is 1. The molecule has 0 radical (unpaired) electrons. The van der Waals surface area contributed by atoms with Gasteiger partial charge in [-0.05, 0) is 87.5 Å². The Balaban J connectivity index is 1.38. The van der Waals surface area contributed by atoms with Crippen LogP contribution in [0, 0.1) is 11.8 Å². The van der Waals surface area contributed by atoms with Gasteiger partial charge in [0.1, 0.15) is 5.75 Å². The molecule has 1 aliphatic carbocycles. The summed E-state index contributed by atoms with van der Waals surface area (Å²) in [6, 6.07) is 13.1. The van der Waals surface area contributed by atoms with Crippen molar-refractivity contribution < 1.29 is 14.3 Å². The highest BCUT2D eigenvalue weighted by Gasteiger charge is 2.26. The molecular weight excluding hydrogens is 374 g/mol. The highest BCUT2D eigenvalue weighted by atomic mass is 16.5. The predicted molar refractivity (Wildman–Crippen MR) is 121 cm³/mol. The molecule has 0 aromatic heterocycles. The fourth-order valence-corrected chi connectivity index (χ4v) is 4.88. The summed E-state index contributed by atoms with van der Waals surface area (Å²) in [5, 5.41) is 2.46. The molecule has 0 unspecified atom stereocenters. The summed E-state index contributed by atoms with van der Waals surface area (Å²) in [4.78, 5) is 14.4. The first kappa shape index (κ1) is 21.2. The molecule has 2 fully saturated rings. The largest absolute Gasteiger partial charge is 0.490 e. The molecule has 4 rings (SSSR count). The van der Waals surface area contributed by atoms with Gasteiger partial charge in [0.15, 0.2) is 0 Å². The number of piperidine rings is 1. The second-order valence-electron chi connectivity index (χ2n) is 9.11. The number of benzene rings is 2. The van der Waals surface area contributed by atoms with Crippen LogP contribution in [-0.2, 0) is 16.1 Å². The van der Waals surface area contributed by atoms with Crippen LogP contribution in [0.3, 0.4) is 0 Å². The summed E-state index contributed by atoms with van der Waals surface area (Å²) >= 11 is 0. The smallest absolute Gasteiger partial charge is 0.309 e. The van der Waals surface area contributed by atoms with Crippen LogP contribution in [-0.4, -0.2) is 36.7 Å². The van der Waals surface area contributed by atoms with E-state index in [2.05, 4.69) is 48.2 Å². The molecule has 1 saturated carbocycles. The maximum Gasteiger partial charge on any atom is 0.309 e. The van der Waals surface area contributed by atoms with Crippen molar-refractivity contribution in [2.45, 2.75) is 65.0 Å².